The first kappa shape index (κ1) is 16.6. The van der Waals surface area contributed by atoms with Crippen molar-refractivity contribution in [3.8, 4) is 0 Å². The first-order valence-electron chi connectivity index (χ1n) is 8.68. The van der Waals surface area contributed by atoms with Crippen LogP contribution in [-0.4, -0.2) is 69.7 Å². The number of likely N-dealkylation sites (tertiary alicyclic amines) is 2. The standard InChI is InChI=1S/C18H22N4O2S/c23-9-8-21-10-15-11-22(17(24)16-12-25-20-19-16)7-6-18(15,13-21)14-4-2-1-3-5-14/h1-5,12,15,23H,6-11,13H2/t15-,18+/m0/s1. The molecule has 0 radical (unpaired) electrons. The highest BCUT2D eigenvalue weighted by molar-refractivity contribution is 7.03. The van der Waals surface area contributed by atoms with Gasteiger partial charge in [0.05, 0.1) is 6.61 Å². The third-order valence-corrected chi connectivity index (χ3v) is 6.17. The van der Waals surface area contributed by atoms with Crippen LogP contribution in [0.4, 0.5) is 0 Å². The van der Waals surface area contributed by atoms with E-state index in [1.165, 1.54) is 17.1 Å². The minimum absolute atomic E-state index is 0.0176. The van der Waals surface area contributed by atoms with Crippen molar-refractivity contribution in [3.05, 3.63) is 47.0 Å². The summed E-state index contributed by atoms with van der Waals surface area (Å²) in [7, 11) is 0. The summed E-state index contributed by atoms with van der Waals surface area (Å²) in [6, 6.07) is 10.6. The van der Waals surface area contributed by atoms with Crippen molar-refractivity contribution in [3.63, 3.8) is 0 Å². The highest BCUT2D eigenvalue weighted by atomic mass is 32.1. The van der Waals surface area contributed by atoms with Crippen LogP contribution in [0, 0.1) is 5.92 Å². The number of hydrogen-bond acceptors (Lipinski definition) is 6. The van der Waals surface area contributed by atoms with Crippen molar-refractivity contribution in [2.45, 2.75) is 11.8 Å². The number of fused-ring (bicyclic) bond motifs is 1. The van der Waals surface area contributed by atoms with E-state index in [4.69, 9.17) is 0 Å². The normalized spacial score (nSPS) is 26.6. The minimum Gasteiger partial charge on any atom is -0.395 e. The number of carbonyl (C=O) groups excluding carboxylic acids is 1. The SMILES string of the molecule is O=C(c1csnn1)N1CC[C@]2(c3ccccc3)CN(CCO)C[C@H]2C1. The Balaban J connectivity index is 1.60. The number of rotatable bonds is 4. The van der Waals surface area contributed by atoms with Gasteiger partial charge < -0.3 is 10.0 Å². The lowest BCUT2D eigenvalue weighted by Crippen LogP contribution is -2.51. The number of amides is 1. The fraction of sp³-hybridized carbons (Fsp3) is 0.500. The monoisotopic (exact) mass is 358 g/mol. The van der Waals surface area contributed by atoms with E-state index in [2.05, 4.69) is 38.8 Å². The largest absolute Gasteiger partial charge is 0.395 e. The van der Waals surface area contributed by atoms with Gasteiger partial charge in [-0.05, 0) is 23.5 Å². The van der Waals surface area contributed by atoms with Crippen molar-refractivity contribution < 1.29 is 9.90 Å². The second-order valence-electron chi connectivity index (χ2n) is 6.97. The van der Waals surface area contributed by atoms with Gasteiger partial charge in [-0.15, -0.1) is 5.10 Å². The van der Waals surface area contributed by atoms with E-state index in [9.17, 15) is 9.90 Å². The highest BCUT2D eigenvalue weighted by Gasteiger charge is 2.50. The van der Waals surface area contributed by atoms with E-state index >= 15 is 0 Å². The van der Waals surface area contributed by atoms with Gasteiger partial charge in [0.2, 0.25) is 0 Å². The maximum absolute atomic E-state index is 12.7. The molecular weight excluding hydrogens is 336 g/mol. The molecule has 1 aromatic carbocycles. The second kappa shape index (κ2) is 6.82. The zero-order chi connectivity index (χ0) is 17.3. The van der Waals surface area contributed by atoms with E-state index in [1.807, 2.05) is 11.0 Å². The van der Waals surface area contributed by atoms with Gasteiger partial charge in [-0.2, -0.15) is 0 Å². The Hall–Kier alpha value is -1.83. The minimum atomic E-state index is -0.0176. The van der Waals surface area contributed by atoms with Crippen LogP contribution in [0.3, 0.4) is 0 Å². The van der Waals surface area contributed by atoms with Crippen LogP contribution < -0.4 is 0 Å². The Bertz CT molecular complexity index is 724. The van der Waals surface area contributed by atoms with Crippen molar-refractivity contribution in [2.75, 3.05) is 39.3 Å². The molecule has 0 aliphatic carbocycles. The third kappa shape index (κ3) is 2.96. The maximum Gasteiger partial charge on any atom is 0.275 e. The first-order valence-corrected chi connectivity index (χ1v) is 9.52. The smallest absolute Gasteiger partial charge is 0.275 e. The Labute approximate surface area is 151 Å². The molecular formula is C18H22N4O2S. The highest BCUT2D eigenvalue weighted by Crippen LogP contribution is 2.45. The molecule has 2 saturated heterocycles. The van der Waals surface area contributed by atoms with E-state index in [0.29, 0.717) is 18.2 Å². The van der Waals surface area contributed by atoms with Gasteiger partial charge in [0.15, 0.2) is 5.69 Å². The molecule has 132 valence electrons. The Morgan fingerprint density at radius 1 is 1.32 bits per heavy atom. The molecule has 0 bridgehead atoms. The molecule has 0 spiro atoms. The summed E-state index contributed by atoms with van der Waals surface area (Å²) in [5, 5.41) is 15.0. The third-order valence-electron chi connectivity index (χ3n) is 5.67. The lowest BCUT2D eigenvalue weighted by Gasteiger charge is -2.44. The molecule has 1 amide bonds. The van der Waals surface area contributed by atoms with E-state index in [1.54, 1.807) is 5.38 Å². The van der Waals surface area contributed by atoms with Crippen LogP contribution in [0.15, 0.2) is 35.7 Å². The molecule has 2 atom stereocenters. The van der Waals surface area contributed by atoms with E-state index < -0.39 is 0 Å². The summed E-state index contributed by atoms with van der Waals surface area (Å²) >= 11 is 1.21. The number of aliphatic hydroxyl groups excluding tert-OH is 1. The molecule has 0 unspecified atom stereocenters. The van der Waals surface area contributed by atoms with Gasteiger partial charge in [0.1, 0.15) is 0 Å². The second-order valence-corrected chi connectivity index (χ2v) is 7.58. The molecule has 1 aromatic heterocycles. The Morgan fingerprint density at radius 3 is 2.88 bits per heavy atom. The summed E-state index contributed by atoms with van der Waals surface area (Å²) in [5.74, 6) is 0.349. The molecule has 2 aromatic rings. The van der Waals surface area contributed by atoms with Crippen molar-refractivity contribution in [2.24, 2.45) is 5.92 Å². The zero-order valence-corrected chi connectivity index (χ0v) is 14.9. The van der Waals surface area contributed by atoms with Gasteiger partial charge in [0, 0.05) is 49.4 Å². The molecule has 2 aliphatic heterocycles. The van der Waals surface area contributed by atoms with Crippen LogP contribution in [0.25, 0.3) is 0 Å². The summed E-state index contributed by atoms with van der Waals surface area (Å²) in [6.07, 6.45) is 0.937. The number of hydrogen-bond donors (Lipinski definition) is 1. The summed E-state index contributed by atoms with van der Waals surface area (Å²) in [4.78, 5) is 16.9. The lowest BCUT2D eigenvalue weighted by atomic mass is 9.68. The topological polar surface area (TPSA) is 69.6 Å². The number of nitrogens with zero attached hydrogens (tertiary/aromatic N) is 4. The van der Waals surface area contributed by atoms with Crippen molar-refractivity contribution >= 4 is 17.4 Å². The first-order chi connectivity index (χ1) is 12.2. The van der Waals surface area contributed by atoms with Crippen molar-refractivity contribution in [1.82, 2.24) is 19.4 Å². The predicted octanol–water partition coefficient (Wildman–Crippen LogP) is 1.25. The molecule has 2 aliphatic rings. The molecule has 6 nitrogen and oxygen atoms in total. The average molecular weight is 358 g/mol. The maximum atomic E-state index is 12.7. The van der Waals surface area contributed by atoms with Gasteiger partial charge in [-0.3, -0.25) is 9.69 Å². The molecule has 2 fully saturated rings. The number of piperidine rings is 1. The summed E-state index contributed by atoms with van der Waals surface area (Å²) in [5.41, 5.74) is 1.86. The summed E-state index contributed by atoms with van der Waals surface area (Å²) in [6.45, 7) is 4.18. The Morgan fingerprint density at radius 2 is 2.16 bits per heavy atom. The molecule has 1 N–H and O–H groups in total. The fourth-order valence-electron chi connectivity index (χ4n) is 4.44. The van der Waals surface area contributed by atoms with Gasteiger partial charge in [-0.1, -0.05) is 34.8 Å². The number of aliphatic hydroxyl groups is 1. The van der Waals surface area contributed by atoms with E-state index in [-0.39, 0.29) is 17.9 Å². The molecule has 3 heterocycles. The lowest BCUT2D eigenvalue weighted by molar-refractivity contribution is 0.0597. The van der Waals surface area contributed by atoms with Gasteiger partial charge >= 0.3 is 0 Å². The number of benzene rings is 1. The predicted molar refractivity (Wildman–Crippen MR) is 95.6 cm³/mol. The molecule has 0 saturated carbocycles. The van der Waals surface area contributed by atoms with Crippen LogP contribution in [0.5, 0.6) is 0 Å². The molecule has 4 rings (SSSR count). The molecule has 7 heteroatoms. The number of β-amino-alcohol motifs (C(OH)–C–C–N with tert-alkyl or cyclic N) is 1. The molecule has 25 heavy (non-hydrogen) atoms. The van der Waals surface area contributed by atoms with Gasteiger partial charge in [0.25, 0.3) is 5.91 Å². The van der Waals surface area contributed by atoms with E-state index in [0.717, 1.165) is 32.6 Å². The van der Waals surface area contributed by atoms with Crippen LogP contribution in [0.1, 0.15) is 22.5 Å². The number of carbonyl (C=O) groups is 1. The number of aromatic nitrogens is 2. The van der Waals surface area contributed by atoms with Gasteiger partial charge in [-0.25, -0.2) is 0 Å². The fourth-order valence-corrected chi connectivity index (χ4v) is 4.87. The average Bonchev–Trinajstić information content (AvgIpc) is 3.29. The van der Waals surface area contributed by atoms with Crippen LogP contribution in [-0.2, 0) is 5.41 Å². The summed E-state index contributed by atoms with van der Waals surface area (Å²) < 4.78 is 3.81. The van der Waals surface area contributed by atoms with Crippen molar-refractivity contribution in [1.29, 1.82) is 0 Å². The quantitative estimate of drug-likeness (QED) is 0.891. The zero-order valence-electron chi connectivity index (χ0n) is 14.0. The Kier molecular flexibility index (Phi) is 4.54. The van der Waals surface area contributed by atoms with Crippen LogP contribution >= 0.6 is 11.5 Å². The van der Waals surface area contributed by atoms with Crippen LogP contribution in [0.2, 0.25) is 0 Å².